The molecule has 3 fully saturated rings. The SMILES string of the molecule is O[C@@H](COC1CCCCC1)CN1CC2CCC(C1)N2c1ccccc1. The summed E-state index contributed by atoms with van der Waals surface area (Å²) >= 11 is 0. The normalized spacial score (nSPS) is 29.1. The van der Waals surface area contributed by atoms with Crippen LogP contribution in [0.3, 0.4) is 0 Å². The quantitative estimate of drug-likeness (QED) is 0.860. The molecule has 1 aromatic rings. The van der Waals surface area contributed by atoms with Crippen LogP contribution in [-0.4, -0.2) is 60.5 Å². The molecule has 4 nitrogen and oxygen atoms in total. The Hall–Kier alpha value is -1.10. The molecule has 2 unspecified atom stereocenters. The molecule has 1 saturated carbocycles. The lowest BCUT2D eigenvalue weighted by molar-refractivity contribution is -0.0348. The molecule has 3 atom stereocenters. The number of para-hydroxylation sites is 1. The number of hydrogen-bond donors (Lipinski definition) is 1. The first kappa shape index (κ1) is 17.3. The highest BCUT2D eigenvalue weighted by molar-refractivity contribution is 5.50. The zero-order chi connectivity index (χ0) is 17.1. The van der Waals surface area contributed by atoms with Crippen LogP contribution in [0.15, 0.2) is 30.3 Å². The minimum absolute atomic E-state index is 0.357. The van der Waals surface area contributed by atoms with E-state index >= 15 is 0 Å². The summed E-state index contributed by atoms with van der Waals surface area (Å²) in [6, 6.07) is 12.0. The maximum atomic E-state index is 10.4. The molecule has 4 heteroatoms. The Labute approximate surface area is 151 Å². The van der Waals surface area contributed by atoms with Crippen molar-refractivity contribution in [3.63, 3.8) is 0 Å². The smallest absolute Gasteiger partial charge is 0.0900 e. The van der Waals surface area contributed by atoms with Crippen molar-refractivity contribution in [2.45, 2.75) is 69.2 Å². The predicted molar refractivity (Wildman–Crippen MR) is 101 cm³/mol. The van der Waals surface area contributed by atoms with Gasteiger partial charge in [0.1, 0.15) is 0 Å². The maximum Gasteiger partial charge on any atom is 0.0900 e. The Morgan fingerprint density at radius 2 is 1.64 bits per heavy atom. The molecule has 0 radical (unpaired) electrons. The van der Waals surface area contributed by atoms with Gasteiger partial charge in [-0.15, -0.1) is 0 Å². The minimum atomic E-state index is -0.357. The molecule has 25 heavy (non-hydrogen) atoms. The molecule has 138 valence electrons. The van der Waals surface area contributed by atoms with Crippen LogP contribution in [-0.2, 0) is 4.74 Å². The molecular formula is C21H32N2O2. The highest BCUT2D eigenvalue weighted by atomic mass is 16.5. The van der Waals surface area contributed by atoms with E-state index in [-0.39, 0.29) is 6.10 Å². The number of aliphatic hydroxyl groups is 1. The van der Waals surface area contributed by atoms with Crippen molar-refractivity contribution in [3.05, 3.63) is 30.3 Å². The van der Waals surface area contributed by atoms with Crippen molar-refractivity contribution in [1.82, 2.24) is 4.90 Å². The molecule has 1 N–H and O–H groups in total. The summed E-state index contributed by atoms with van der Waals surface area (Å²) in [5.74, 6) is 0. The van der Waals surface area contributed by atoms with Gasteiger partial charge >= 0.3 is 0 Å². The van der Waals surface area contributed by atoms with E-state index in [1.54, 1.807) is 0 Å². The molecular weight excluding hydrogens is 312 g/mol. The largest absolute Gasteiger partial charge is 0.389 e. The van der Waals surface area contributed by atoms with Crippen LogP contribution >= 0.6 is 0 Å². The lowest BCUT2D eigenvalue weighted by atomic mass is 9.98. The molecule has 0 aromatic heterocycles. The molecule has 3 aliphatic rings. The fourth-order valence-corrected chi connectivity index (χ4v) is 4.99. The van der Waals surface area contributed by atoms with Gasteiger partial charge in [-0.2, -0.15) is 0 Å². The van der Waals surface area contributed by atoms with Crippen molar-refractivity contribution in [2.75, 3.05) is 31.1 Å². The predicted octanol–water partition coefficient (Wildman–Crippen LogP) is 3.05. The molecule has 2 bridgehead atoms. The van der Waals surface area contributed by atoms with Crippen molar-refractivity contribution in [2.24, 2.45) is 0 Å². The van der Waals surface area contributed by atoms with Crippen molar-refractivity contribution < 1.29 is 9.84 Å². The van der Waals surface area contributed by atoms with E-state index in [2.05, 4.69) is 40.1 Å². The summed E-state index contributed by atoms with van der Waals surface area (Å²) in [4.78, 5) is 5.07. The van der Waals surface area contributed by atoms with E-state index in [1.165, 1.54) is 50.6 Å². The monoisotopic (exact) mass is 344 g/mol. The third-order valence-corrected chi connectivity index (χ3v) is 6.16. The molecule has 0 amide bonds. The van der Waals surface area contributed by atoms with Gasteiger partial charge in [-0.1, -0.05) is 37.5 Å². The van der Waals surface area contributed by atoms with Gasteiger partial charge < -0.3 is 14.7 Å². The van der Waals surface area contributed by atoms with E-state index in [4.69, 9.17) is 4.74 Å². The average molecular weight is 344 g/mol. The van der Waals surface area contributed by atoms with Crippen LogP contribution < -0.4 is 4.90 Å². The van der Waals surface area contributed by atoms with Gasteiger partial charge in [-0.25, -0.2) is 0 Å². The second-order valence-corrected chi connectivity index (χ2v) is 8.09. The van der Waals surface area contributed by atoms with Gasteiger partial charge in [0, 0.05) is 37.4 Å². The van der Waals surface area contributed by atoms with E-state index < -0.39 is 0 Å². The second-order valence-electron chi connectivity index (χ2n) is 8.09. The van der Waals surface area contributed by atoms with Gasteiger partial charge in [0.05, 0.1) is 18.8 Å². The van der Waals surface area contributed by atoms with Gasteiger partial charge in [-0.3, -0.25) is 4.90 Å². The second kappa shape index (κ2) is 8.07. The van der Waals surface area contributed by atoms with Crippen LogP contribution in [0.4, 0.5) is 5.69 Å². The maximum absolute atomic E-state index is 10.4. The molecule has 1 aromatic carbocycles. The van der Waals surface area contributed by atoms with Gasteiger partial charge in [0.25, 0.3) is 0 Å². The standard InChI is InChI=1S/C21H32N2O2/c24-20(16-25-21-9-5-2-6-10-21)15-22-13-18-11-12-19(14-22)23(18)17-7-3-1-4-8-17/h1,3-4,7-8,18-21,24H,2,5-6,9-16H2/t18?,19?,20-/m1/s1. The molecule has 2 saturated heterocycles. The van der Waals surface area contributed by atoms with Gasteiger partial charge in [0.15, 0.2) is 0 Å². The molecule has 1 aliphatic carbocycles. The summed E-state index contributed by atoms with van der Waals surface area (Å²) in [6.07, 6.45) is 8.82. The summed E-state index contributed by atoms with van der Waals surface area (Å²) in [5, 5.41) is 10.4. The van der Waals surface area contributed by atoms with Crippen molar-refractivity contribution in [1.29, 1.82) is 0 Å². The number of likely N-dealkylation sites (tertiary alicyclic amines) is 1. The van der Waals surface area contributed by atoms with E-state index in [0.29, 0.717) is 24.8 Å². The third-order valence-electron chi connectivity index (χ3n) is 6.16. The Kier molecular flexibility index (Phi) is 5.59. The number of benzene rings is 1. The minimum Gasteiger partial charge on any atom is -0.389 e. The fourth-order valence-electron chi connectivity index (χ4n) is 4.99. The lowest BCUT2D eigenvalue weighted by Gasteiger charge is -2.43. The Bertz CT molecular complexity index is 518. The Balaban J connectivity index is 1.26. The number of anilines is 1. The summed E-state index contributed by atoms with van der Waals surface area (Å²) < 4.78 is 5.96. The highest BCUT2D eigenvalue weighted by Gasteiger charge is 2.40. The first-order valence-corrected chi connectivity index (χ1v) is 10.1. The number of aliphatic hydroxyl groups excluding tert-OH is 1. The molecule has 4 rings (SSSR count). The van der Waals surface area contributed by atoms with Crippen LogP contribution in [0.2, 0.25) is 0 Å². The topological polar surface area (TPSA) is 35.9 Å². The van der Waals surface area contributed by atoms with Crippen molar-refractivity contribution >= 4 is 5.69 Å². The fraction of sp³-hybridized carbons (Fsp3) is 0.714. The van der Waals surface area contributed by atoms with Crippen LogP contribution in [0.25, 0.3) is 0 Å². The van der Waals surface area contributed by atoms with Crippen molar-refractivity contribution in [3.8, 4) is 0 Å². The number of hydrogen-bond acceptors (Lipinski definition) is 4. The summed E-state index contributed by atoms with van der Waals surface area (Å²) in [6.45, 7) is 3.37. The summed E-state index contributed by atoms with van der Waals surface area (Å²) in [7, 11) is 0. The van der Waals surface area contributed by atoms with E-state index in [0.717, 1.165) is 19.6 Å². The van der Waals surface area contributed by atoms with E-state index in [1.807, 2.05) is 0 Å². The summed E-state index contributed by atoms with van der Waals surface area (Å²) in [5.41, 5.74) is 1.36. The molecule has 0 spiro atoms. The van der Waals surface area contributed by atoms with Crippen LogP contribution in [0, 0.1) is 0 Å². The Morgan fingerprint density at radius 1 is 0.960 bits per heavy atom. The highest BCUT2D eigenvalue weighted by Crippen LogP contribution is 2.34. The first-order chi connectivity index (χ1) is 12.3. The van der Waals surface area contributed by atoms with Gasteiger partial charge in [0.2, 0.25) is 0 Å². The zero-order valence-corrected chi connectivity index (χ0v) is 15.2. The van der Waals surface area contributed by atoms with E-state index in [9.17, 15) is 5.11 Å². The Morgan fingerprint density at radius 3 is 2.32 bits per heavy atom. The molecule has 2 aliphatic heterocycles. The number of β-amino-alcohol motifs (C(OH)–C–C–N with tert-alkyl or cyclic N) is 1. The van der Waals surface area contributed by atoms with Crippen LogP contribution in [0.1, 0.15) is 44.9 Å². The number of piperazine rings is 1. The third kappa shape index (κ3) is 4.18. The first-order valence-electron chi connectivity index (χ1n) is 10.1. The molecule has 2 heterocycles. The number of nitrogens with zero attached hydrogens (tertiary/aromatic N) is 2. The zero-order valence-electron chi connectivity index (χ0n) is 15.2. The number of ether oxygens (including phenoxy) is 1. The number of fused-ring (bicyclic) bond motifs is 2. The average Bonchev–Trinajstić information content (AvgIpc) is 2.92. The lowest BCUT2D eigenvalue weighted by Crippen LogP contribution is -2.55. The van der Waals surface area contributed by atoms with Gasteiger partial charge in [-0.05, 0) is 37.8 Å². The number of rotatable bonds is 6. The van der Waals surface area contributed by atoms with Crippen LogP contribution in [0.5, 0.6) is 0 Å².